The van der Waals surface area contributed by atoms with Gasteiger partial charge in [-0.2, -0.15) is 0 Å². The van der Waals surface area contributed by atoms with E-state index in [1.54, 1.807) is 31.4 Å². The van der Waals surface area contributed by atoms with Gasteiger partial charge < -0.3 is 14.5 Å². The summed E-state index contributed by atoms with van der Waals surface area (Å²) in [5.74, 6) is 0.732. The van der Waals surface area contributed by atoms with Gasteiger partial charge in [0.15, 0.2) is 0 Å². The van der Waals surface area contributed by atoms with Crippen LogP contribution in [-0.2, 0) is 16.4 Å². The van der Waals surface area contributed by atoms with Crippen molar-refractivity contribution in [3.8, 4) is 5.75 Å². The maximum Gasteiger partial charge on any atom is 0.261 e. The molecule has 0 saturated carbocycles. The van der Waals surface area contributed by atoms with Crippen LogP contribution in [0.4, 0.5) is 11.4 Å². The number of carbonyl (C=O) groups is 1. The Labute approximate surface area is 232 Å². The second-order valence-corrected chi connectivity index (χ2v) is 11.9. The number of unbranched alkanes of at least 4 members (excludes halogenated alkanes) is 1. The van der Waals surface area contributed by atoms with Gasteiger partial charge in [-0.05, 0) is 66.3 Å². The Hall–Kier alpha value is -3.52. The van der Waals surface area contributed by atoms with Crippen LogP contribution in [0.2, 0.25) is 0 Å². The lowest BCUT2D eigenvalue weighted by molar-refractivity contribution is 0.0745. The number of benzene rings is 3. The van der Waals surface area contributed by atoms with E-state index in [4.69, 9.17) is 4.74 Å². The lowest BCUT2D eigenvalue weighted by Crippen LogP contribution is -2.49. The number of methoxy groups -OCH3 is 1. The van der Waals surface area contributed by atoms with Crippen molar-refractivity contribution >= 4 is 27.3 Å². The molecule has 0 spiro atoms. The minimum absolute atomic E-state index is 0.0687. The first-order chi connectivity index (χ1) is 18.7. The second-order valence-electron chi connectivity index (χ2n) is 10.3. The minimum atomic E-state index is -3.87. The van der Waals surface area contributed by atoms with Gasteiger partial charge in [-0.1, -0.05) is 57.5 Å². The summed E-state index contributed by atoms with van der Waals surface area (Å²) in [6, 6.07) is 20.2. The number of anilines is 2. The number of piperazine rings is 1. The number of nitrogens with one attached hydrogen (secondary N) is 1. The van der Waals surface area contributed by atoms with Crippen molar-refractivity contribution < 1.29 is 17.9 Å². The fourth-order valence-electron chi connectivity index (χ4n) is 4.94. The summed E-state index contributed by atoms with van der Waals surface area (Å²) in [5.41, 5.74) is 3.97. The van der Waals surface area contributed by atoms with Crippen molar-refractivity contribution in [2.45, 2.75) is 50.8 Å². The number of sulfonamides is 1. The number of aryl methyl sites for hydroxylation is 1. The van der Waals surface area contributed by atoms with Crippen LogP contribution in [0.15, 0.2) is 71.6 Å². The molecule has 208 valence electrons. The standard InChI is InChI=1S/C31H39N3O4S/c1-5-6-9-24-12-14-25(15-13-24)32-39(36,37)26-16-17-27(23(2)3)28(22-26)31(35)34-20-18-33(19-21-34)29-10-7-8-11-30(29)38-4/h7-8,10-17,22-23,32H,5-6,9,18-21H2,1-4H3. The molecular formula is C31H39N3O4S. The molecule has 1 aliphatic rings. The molecule has 3 aromatic rings. The number of hydrogen-bond acceptors (Lipinski definition) is 5. The monoisotopic (exact) mass is 549 g/mol. The third-order valence-corrected chi connectivity index (χ3v) is 8.58. The third kappa shape index (κ3) is 6.74. The van der Waals surface area contributed by atoms with Gasteiger partial charge >= 0.3 is 0 Å². The Morgan fingerprint density at radius 1 is 0.974 bits per heavy atom. The van der Waals surface area contributed by atoms with Crippen LogP contribution >= 0.6 is 0 Å². The fraction of sp³-hybridized carbons (Fsp3) is 0.387. The van der Waals surface area contributed by atoms with E-state index in [-0.39, 0.29) is 16.7 Å². The fourth-order valence-corrected chi connectivity index (χ4v) is 6.02. The molecule has 3 aromatic carbocycles. The van der Waals surface area contributed by atoms with Crippen molar-refractivity contribution in [2.24, 2.45) is 0 Å². The molecule has 4 rings (SSSR count). The molecule has 0 aromatic heterocycles. The predicted octanol–water partition coefficient (Wildman–Crippen LogP) is 5.92. The highest BCUT2D eigenvalue weighted by atomic mass is 32.2. The lowest BCUT2D eigenvalue weighted by atomic mass is 9.96. The van der Waals surface area contributed by atoms with Gasteiger partial charge in [0.2, 0.25) is 0 Å². The molecule has 0 atom stereocenters. The zero-order valence-electron chi connectivity index (χ0n) is 23.3. The molecular weight excluding hydrogens is 510 g/mol. The van der Waals surface area contributed by atoms with E-state index >= 15 is 0 Å². The van der Waals surface area contributed by atoms with Crippen LogP contribution < -0.4 is 14.4 Å². The normalized spacial score (nSPS) is 14.0. The number of hydrogen-bond donors (Lipinski definition) is 1. The summed E-state index contributed by atoms with van der Waals surface area (Å²) >= 11 is 0. The average molecular weight is 550 g/mol. The maximum absolute atomic E-state index is 13.7. The largest absolute Gasteiger partial charge is 0.495 e. The van der Waals surface area contributed by atoms with Gasteiger partial charge in [-0.3, -0.25) is 9.52 Å². The maximum atomic E-state index is 13.7. The zero-order chi connectivity index (χ0) is 28.0. The van der Waals surface area contributed by atoms with Crippen LogP contribution in [0.3, 0.4) is 0 Å². The molecule has 7 nitrogen and oxygen atoms in total. The molecule has 1 heterocycles. The first kappa shape index (κ1) is 28.5. The SMILES string of the molecule is CCCCc1ccc(NS(=O)(=O)c2ccc(C(C)C)c(C(=O)N3CCN(c4ccccc4OC)CC3)c2)cc1. The zero-order valence-corrected chi connectivity index (χ0v) is 24.1. The lowest BCUT2D eigenvalue weighted by Gasteiger charge is -2.37. The molecule has 0 radical (unpaired) electrons. The van der Waals surface area contributed by atoms with E-state index in [9.17, 15) is 13.2 Å². The molecule has 1 saturated heterocycles. The van der Waals surface area contributed by atoms with E-state index in [0.717, 1.165) is 36.3 Å². The van der Waals surface area contributed by atoms with Crippen LogP contribution in [0, 0.1) is 0 Å². The summed E-state index contributed by atoms with van der Waals surface area (Å²) in [5, 5.41) is 0. The predicted molar refractivity (Wildman–Crippen MR) is 158 cm³/mol. The quantitative estimate of drug-likeness (QED) is 0.339. The third-order valence-electron chi connectivity index (χ3n) is 7.21. The number of ether oxygens (including phenoxy) is 1. The van der Waals surface area contributed by atoms with E-state index in [2.05, 4.69) is 16.5 Å². The second kappa shape index (κ2) is 12.6. The summed E-state index contributed by atoms with van der Waals surface area (Å²) in [7, 11) is -2.21. The molecule has 1 aliphatic heterocycles. The number of amides is 1. The van der Waals surface area contributed by atoms with E-state index < -0.39 is 10.0 Å². The average Bonchev–Trinajstić information content (AvgIpc) is 2.96. The molecule has 1 N–H and O–H groups in total. The van der Waals surface area contributed by atoms with Crippen molar-refractivity contribution in [1.82, 2.24) is 4.90 Å². The number of carbonyl (C=O) groups excluding carboxylic acids is 1. The number of rotatable bonds is 10. The van der Waals surface area contributed by atoms with Gasteiger partial charge in [-0.15, -0.1) is 0 Å². The number of nitrogens with zero attached hydrogens (tertiary/aromatic N) is 2. The van der Waals surface area contributed by atoms with Gasteiger partial charge in [0.25, 0.3) is 15.9 Å². The van der Waals surface area contributed by atoms with Crippen molar-refractivity contribution in [1.29, 1.82) is 0 Å². The van der Waals surface area contributed by atoms with E-state index in [1.165, 1.54) is 11.6 Å². The molecule has 0 bridgehead atoms. The Bertz CT molecular complexity index is 1380. The molecule has 8 heteroatoms. The smallest absolute Gasteiger partial charge is 0.261 e. The van der Waals surface area contributed by atoms with Crippen LogP contribution in [-0.4, -0.2) is 52.5 Å². The molecule has 1 amide bonds. The Kier molecular flexibility index (Phi) is 9.17. The first-order valence-electron chi connectivity index (χ1n) is 13.7. The first-order valence-corrected chi connectivity index (χ1v) is 15.1. The van der Waals surface area contributed by atoms with Gasteiger partial charge in [-0.25, -0.2) is 8.42 Å². The molecule has 0 unspecified atom stereocenters. The van der Waals surface area contributed by atoms with Gasteiger partial charge in [0, 0.05) is 37.4 Å². The topological polar surface area (TPSA) is 79.0 Å². The Morgan fingerprint density at radius 2 is 1.67 bits per heavy atom. The highest BCUT2D eigenvalue weighted by Crippen LogP contribution is 2.30. The van der Waals surface area contributed by atoms with Crippen LogP contribution in [0.1, 0.15) is 61.0 Å². The highest BCUT2D eigenvalue weighted by Gasteiger charge is 2.27. The van der Waals surface area contributed by atoms with Crippen LogP contribution in [0.5, 0.6) is 5.75 Å². The van der Waals surface area contributed by atoms with Gasteiger partial charge in [0.05, 0.1) is 17.7 Å². The summed E-state index contributed by atoms with van der Waals surface area (Å²) < 4.78 is 34.8. The van der Waals surface area contributed by atoms with Crippen molar-refractivity contribution in [2.75, 3.05) is 42.9 Å². The van der Waals surface area contributed by atoms with Gasteiger partial charge in [0.1, 0.15) is 5.75 Å². The van der Waals surface area contributed by atoms with E-state index in [1.807, 2.05) is 55.1 Å². The Morgan fingerprint density at radius 3 is 2.31 bits per heavy atom. The summed E-state index contributed by atoms with van der Waals surface area (Å²) in [6.07, 6.45) is 3.18. The van der Waals surface area contributed by atoms with Crippen LogP contribution in [0.25, 0.3) is 0 Å². The molecule has 0 aliphatic carbocycles. The van der Waals surface area contributed by atoms with E-state index in [0.29, 0.717) is 37.4 Å². The summed E-state index contributed by atoms with van der Waals surface area (Å²) in [6.45, 7) is 8.57. The molecule has 1 fully saturated rings. The van der Waals surface area contributed by atoms with Crippen molar-refractivity contribution in [3.63, 3.8) is 0 Å². The minimum Gasteiger partial charge on any atom is -0.495 e. The number of para-hydroxylation sites is 2. The molecule has 39 heavy (non-hydrogen) atoms. The summed E-state index contributed by atoms with van der Waals surface area (Å²) in [4.78, 5) is 17.8. The Balaban J connectivity index is 1.52. The highest BCUT2D eigenvalue weighted by molar-refractivity contribution is 7.92. The van der Waals surface area contributed by atoms with Crippen molar-refractivity contribution in [3.05, 3.63) is 83.4 Å².